The number of nitrogens with zero attached hydrogens (tertiary/aromatic N) is 2. The smallest absolute Gasteiger partial charge is 0.417 e. The van der Waals surface area contributed by atoms with Gasteiger partial charge in [0.25, 0.3) is 0 Å². The second-order valence-corrected chi connectivity index (χ2v) is 17.3. The standard InChI is InChI=1S/C52H56F6N2O8/c1-33-27-37(31-41(39-13-5-7-15-43(39)51(53,54)55)49(33)65-25-23-59-19-9-10-20-59)45(61)29-35(3)67-47(63)17-18-48(64)68-36(4)30-46(62)38-28-34(2)50(66-26-24-60-21-11-12-22-60)42(32-38)40-14-6-8-16-44(40)52(56,57)58/h5-8,13-18,27-28,31-32,35-36H,9-12,19-26,29-30H2,1-4H3/b18-17+. The Kier molecular flexibility index (Phi) is 17.3. The van der Waals surface area contributed by atoms with Crippen molar-refractivity contribution in [3.05, 3.63) is 118 Å². The number of aryl methyl sites for hydroxylation is 2. The minimum atomic E-state index is -4.69. The number of hydrogen-bond donors (Lipinski definition) is 0. The summed E-state index contributed by atoms with van der Waals surface area (Å²) in [5.41, 5.74) is -0.816. The van der Waals surface area contributed by atoms with Gasteiger partial charge in [0, 0.05) is 60.3 Å². The number of esters is 2. The molecule has 10 nitrogen and oxygen atoms in total. The Balaban J connectivity index is 1.07. The van der Waals surface area contributed by atoms with Gasteiger partial charge in [-0.15, -0.1) is 0 Å². The highest BCUT2D eigenvalue weighted by Crippen LogP contribution is 2.44. The fourth-order valence-corrected chi connectivity index (χ4v) is 8.60. The highest BCUT2D eigenvalue weighted by Gasteiger charge is 2.36. The van der Waals surface area contributed by atoms with Crippen molar-refractivity contribution in [3.63, 3.8) is 0 Å². The molecule has 4 aromatic carbocycles. The molecule has 2 heterocycles. The third-order valence-electron chi connectivity index (χ3n) is 11.9. The lowest BCUT2D eigenvalue weighted by Gasteiger charge is -2.21. The number of hydrogen-bond acceptors (Lipinski definition) is 10. The average Bonchev–Trinajstić information content (AvgIpc) is 4.01. The molecular formula is C52H56F6N2O8. The van der Waals surface area contributed by atoms with Gasteiger partial charge in [-0.2, -0.15) is 26.3 Å². The number of benzene rings is 4. The lowest BCUT2D eigenvalue weighted by molar-refractivity contribution is -0.144. The number of Topliss-reactive ketones (excluding diaryl/α,β-unsaturated/α-hetero) is 2. The normalized spacial score (nSPS) is 15.6. The summed E-state index contributed by atoms with van der Waals surface area (Å²) in [5.74, 6) is -2.56. The number of ether oxygens (including phenoxy) is 4. The monoisotopic (exact) mass is 950 g/mol. The molecule has 364 valence electrons. The Morgan fingerprint density at radius 1 is 0.559 bits per heavy atom. The third kappa shape index (κ3) is 13.8. The maximum Gasteiger partial charge on any atom is 0.417 e. The molecule has 0 bridgehead atoms. The molecule has 16 heteroatoms. The first kappa shape index (κ1) is 51.4. The highest BCUT2D eigenvalue weighted by atomic mass is 19.4. The van der Waals surface area contributed by atoms with E-state index in [9.17, 15) is 45.5 Å². The van der Waals surface area contributed by atoms with Crippen molar-refractivity contribution in [1.82, 2.24) is 9.80 Å². The van der Waals surface area contributed by atoms with Crippen LogP contribution in [0.2, 0.25) is 0 Å². The van der Waals surface area contributed by atoms with Crippen molar-refractivity contribution < 1.29 is 64.5 Å². The Bertz CT molecular complexity index is 2300. The molecule has 2 saturated heterocycles. The summed E-state index contributed by atoms with van der Waals surface area (Å²) < 4.78 is 108. The second-order valence-electron chi connectivity index (χ2n) is 17.3. The number of halogens is 6. The summed E-state index contributed by atoms with van der Waals surface area (Å²) in [7, 11) is 0. The number of likely N-dealkylation sites (tertiary alicyclic amines) is 2. The van der Waals surface area contributed by atoms with Gasteiger partial charge in [-0.25, -0.2) is 9.59 Å². The molecule has 0 N–H and O–H groups in total. The number of carbonyl (C=O) groups excluding carboxylic acids is 4. The zero-order valence-corrected chi connectivity index (χ0v) is 38.6. The van der Waals surface area contributed by atoms with Crippen LogP contribution in [0.5, 0.6) is 11.5 Å². The van der Waals surface area contributed by atoms with Crippen LogP contribution in [0.1, 0.15) is 95.3 Å². The zero-order valence-electron chi connectivity index (χ0n) is 38.6. The molecule has 0 aromatic heterocycles. The Hall–Kier alpha value is -6.00. The van der Waals surface area contributed by atoms with Crippen LogP contribution in [0, 0.1) is 13.8 Å². The first-order valence-electron chi connectivity index (χ1n) is 22.8. The average molecular weight is 951 g/mol. The summed E-state index contributed by atoms with van der Waals surface area (Å²) >= 11 is 0. The minimum Gasteiger partial charge on any atom is -0.491 e. The predicted molar refractivity (Wildman–Crippen MR) is 244 cm³/mol. The molecule has 6 rings (SSSR count). The summed E-state index contributed by atoms with van der Waals surface area (Å²) in [6, 6.07) is 15.9. The number of alkyl halides is 6. The zero-order chi connectivity index (χ0) is 49.2. The quantitative estimate of drug-likeness (QED) is 0.0367. The van der Waals surface area contributed by atoms with Gasteiger partial charge < -0.3 is 18.9 Å². The molecule has 68 heavy (non-hydrogen) atoms. The molecule has 2 aliphatic rings. The van der Waals surface area contributed by atoms with Gasteiger partial charge in [-0.1, -0.05) is 36.4 Å². The van der Waals surface area contributed by atoms with E-state index in [0.717, 1.165) is 76.1 Å². The van der Waals surface area contributed by atoms with Crippen LogP contribution in [0.25, 0.3) is 22.3 Å². The van der Waals surface area contributed by atoms with Gasteiger partial charge in [0.05, 0.1) is 11.1 Å². The number of carbonyl (C=O) groups is 4. The van der Waals surface area contributed by atoms with Crippen molar-refractivity contribution in [3.8, 4) is 33.8 Å². The van der Waals surface area contributed by atoms with Crippen molar-refractivity contribution in [1.29, 1.82) is 0 Å². The summed E-state index contributed by atoms with van der Waals surface area (Å²) in [4.78, 5) is 57.0. The molecule has 2 aliphatic heterocycles. The van der Waals surface area contributed by atoms with E-state index < -0.39 is 59.2 Å². The maximum atomic E-state index is 14.2. The van der Waals surface area contributed by atoms with Crippen LogP contribution in [0.4, 0.5) is 26.3 Å². The summed E-state index contributed by atoms with van der Waals surface area (Å²) in [6.07, 6.45) is -6.26. The van der Waals surface area contributed by atoms with Crippen molar-refractivity contribution in [2.45, 2.75) is 90.8 Å². The first-order valence-corrected chi connectivity index (χ1v) is 22.8. The Morgan fingerprint density at radius 3 is 1.26 bits per heavy atom. The molecular weight excluding hydrogens is 895 g/mol. The van der Waals surface area contributed by atoms with E-state index in [0.29, 0.717) is 24.2 Å². The van der Waals surface area contributed by atoms with Crippen LogP contribution in [-0.4, -0.2) is 98.0 Å². The van der Waals surface area contributed by atoms with Crippen LogP contribution in [0.15, 0.2) is 84.9 Å². The van der Waals surface area contributed by atoms with E-state index >= 15 is 0 Å². The topological polar surface area (TPSA) is 112 Å². The van der Waals surface area contributed by atoms with E-state index in [1.54, 1.807) is 13.8 Å². The van der Waals surface area contributed by atoms with Crippen molar-refractivity contribution in [2.24, 2.45) is 0 Å². The maximum absolute atomic E-state index is 14.2. The Morgan fingerprint density at radius 2 is 0.912 bits per heavy atom. The predicted octanol–water partition coefficient (Wildman–Crippen LogP) is 10.9. The molecule has 2 unspecified atom stereocenters. The molecule has 0 saturated carbocycles. The van der Waals surface area contributed by atoms with Crippen LogP contribution in [-0.2, 0) is 31.4 Å². The number of rotatable bonds is 20. The SMILES string of the molecule is Cc1cc(C(=O)CC(C)OC(=O)/C=C/C(=O)OC(C)CC(=O)c2cc(C)c(OCCN3CCCC3)c(-c3ccccc3C(F)(F)F)c2)cc(-c2ccccc2C(F)(F)F)c1OCCN1CCCC1. The van der Waals surface area contributed by atoms with E-state index in [-0.39, 0.29) is 70.9 Å². The molecule has 4 aromatic rings. The van der Waals surface area contributed by atoms with Crippen LogP contribution in [0.3, 0.4) is 0 Å². The van der Waals surface area contributed by atoms with Gasteiger partial charge in [-0.3, -0.25) is 19.4 Å². The molecule has 0 amide bonds. The van der Waals surface area contributed by atoms with Gasteiger partial charge in [0.1, 0.15) is 36.9 Å². The highest BCUT2D eigenvalue weighted by molar-refractivity contribution is 6.00. The van der Waals surface area contributed by atoms with Crippen LogP contribution < -0.4 is 9.47 Å². The second kappa shape index (κ2) is 22.9. The van der Waals surface area contributed by atoms with Gasteiger partial charge in [-0.05, 0) is 138 Å². The molecule has 0 aliphatic carbocycles. The Labute approximate surface area is 392 Å². The van der Waals surface area contributed by atoms with Crippen molar-refractivity contribution >= 4 is 23.5 Å². The molecule has 2 atom stereocenters. The van der Waals surface area contributed by atoms with Crippen LogP contribution >= 0.6 is 0 Å². The third-order valence-corrected chi connectivity index (χ3v) is 11.9. The molecule has 0 radical (unpaired) electrons. The minimum absolute atomic E-state index is 0.0848. The number of ketones is 2. The van der Waals surface area contributed by atoms with Crippen molar-refractivity contribution in [2.75, 3.05) is 52.5 Å². The van der Waals surface area contributed by atoms with E-state index in [1.165, 1.54) is 74.5 Å². The van der Waals surface area contributed by atoms with Gasteiger partial charge >= 0.3 is 24.3 Å². The molecule has 0 spiro atoms. The summed E-state index contributed by atoms with van der Waals surface area (Å²) in [6.45, 7) is 11.5. The van der Waals surface area contributed by atoms with E-state index in [4.69, 9.17) is 18.9 Å². The van der Waals surface area contributed by atoms with E-state index in [2.05, 4.69) is 9.80 Å². The first-order chi connectivity index (χ1) is 32.3. The lowest BCUT2D eigenvalue weighted by Crippen LogP contribution is -2.25. The fourth-order valence-electron chi connectivity index (χ4n) is 8.60. The molecule has 2 fully saturated rings. The van der Waals surface area contributed by atoms with E-state index in [1.807, 2.05) is 0 Å². The summed E-state index contributed by atoms with van der Waals surface area (Å²) in [5, 5.41) is 0. The lowest BCUT2D eigenvalue weighted by atomic mass is 9.92. The van der Waals surface area contributed by atoms with Gasteiger partial charge in [0.2, 0.25) is 0 Å². The fraction of sp³-hybridized carbons (Fsp3) is 0.423. The van der Waals surface area contributed by atoms with Gasteiger partial charge in [0.15, 0.2) is 11.6 Å². The largest absolute Gasteiger partial charge is 0.491 e.